The number of rotatable bonds is 3. The van der Waals surface area contributed by atoms with Crippen LogP contribution in [0.1, 0.15) is 18.9 Å². The summed E-state index contributed by atoms with van der Waals surface area (Å²) in [4.78, 5) is 40.1. The molecule has 3 amide bonds. The Morgan fingerprint density at radius 1 is 1.24 bits per heavy atom. The number of carbonyl (C=O) groups is 3. The first-order chi connectivity index (χ1) is 13.8. The lowest BCUT2D eigenvalue weighted by atomic mass is 10.1. The van der Waals surface area contributed by atoms with Crippen LogP contribution in [0, 0.1) is 11.7 Å². The first kappa shape index (κ1) is 19.4. The van der Waals surface area contributed by atoms with Crippen LogP contribution < -0.4 is 15.1 Å². The molecule has 1 saturated heterocycles. The van der Waals surface area contributed by atoms with E-state index in [4.69, 9.17) is 11.6 Å². The van der Waals surface area contributed by atoms with Crippen LogP contribution in [-0.2, 0) is 20.8 Å². The standard InChI is InChI=1S/C21H19ClFN3O3/c1-12(27)25-8-7-13-9-15(5-6-18(13)25)26-11-14(10-19(26)28)21(29)24-17-4-2-3-16(22)20(17)23/h2-6,9,14H,7-8,10-11H2,1H3,(H,24,29). The van der Waals surface area contributed by atoms with Crippen molar-refractivity contribution in [2.45, 2.75) is 19.8 Å². The molecular weight excluding hydrogens is 397 g/mol. The summed E-state index contributed by atoms with van der Waals surface area (Å²) in [6.45, 7) is 2.36. The van der Waals surface area contributed by atoms with E-state index in [-0.39, 0.29) is 35.5 Å². The van der Waals surface area contributed by atoms with Crippen molar-refractivity contribution in [1.29, 1.82) is 0 Å². The third kappa shape index (κ3) is 3.58. The van der Waals surface area contributed by atoms with Crippen LogP contribution >= 0.6 is 11.6 Å². The topological polar surface area (TPSA) is 69.7 Å². The van der Waals surface area contributed by atoms with Crippen molar-refractivity contribution >= 4 is 46.4 Å². The van der Waals surface area contributed by atoms with Gasteiger partial charge in [0.15, 0.2) is 5.82 Å². The predicted octanol–water partition coefficient (Wildman–Crippen LogP) is 3.38. The van der Waals surface area contributed by atoms with E-state index < -0.39 is 17.6 Å². The molecule has 0 saturated carbocycles. The Balaban J connectivity index is 1.49. The number of nitrogens with one attached hydrogen (secondary N) is 1. The Hall–Kier alpha value is -2.93. The summed E-state index contributed by atoms with van der Waals surface area (Å²) >= 11 is 5.75. The van der Waals surface area contributed by atoms with Crippen LogP contribution in [-0.4, -0.2) is 30.8 Å². The first-order valence-electron chi connectivity index (χ1n) is 9.31. The van der Waals surface area contributed by atoms with Crippen molar-refractivity contribution < 1.29 is 18.8 Å². The van der Waals surface area contributed by atoms with Gasteiger partial charge in [-0.2, -0.15) is 0 Å². The van der Waals surface area contributed by atoms with Crippen molar-refractivity contribution in [3.63, 3.8) is 0 Å². The Labute approximate surface area is 172 Å². The average molecular weight is 416 g/mol. The molecule has 0 bridgehead atoms. The highest BCUT2D eigenvalue weighted by molar-refractivity contribution is 6.31. The maximum Gasteiger partial charge on any atom is 0.229 e. The second kappa shape index (κ2) is 7.48. The fourth-order valence-electron chi connectivity index (χ4n) is 3.85. The molecule has 29 heavy (non-hydrogen) atoms. The minimum atomic E-state index is -0.697. The lowest BCUT2D eigenvalue weighted by Crippen LogP contribution is -2.28. The van der Waals surface area contributed by atoms with Crippen LogP contribution in [0.4, 0.5) is 21.5 Å². The number of hydrogen-bond donors (Lipinski definition) is 1. The SMILES string of the molecule is CC(=O)N1CCc2cc(N3CC(C(=O)Nc4cccc(Cl)c4F)CC3=O)ccc21. The molecule has 2 aromatic rings. The summed E-state index contributed by atoms with van der Waals surface area (Å²) in [7, 11) is 0. The molecule has 1 N–H and O–H groups in total. The van der Waals surface area contributed by atoms with E-state index in [1.54, 1.807) is 21.9 Å². The van der Waals surface area contributed by atoms with Crippen molar-refractivity contribution in [3.05, 3.63) is 52.8 Å². The smallest absolute Gasteiger partial charge is 0.229 e. The molecule has 2 aliphatic heterocycles. The molecule has 0 aliphatic carbocycles. The summed E-state index contributed by atoms with van der Waals surface area (Å²) in [6, 6.07) is 9.88. The average Bonchev–Trinajstić information content (AvgIpc) is 3.28. The fraction of sp³-hybridized carbons (Fsp3) is 0.286. The Morgan fingerprint density at radius 3 is 2.79 bits per heavy atom. The molecule has 2 aliphatic rings. The van der Waals surface area contributed by atoms with Gasteiger partial charge in [-0.1, -0.05) is 17.7 Å². The molecule has 1 fully saturated rings. The lowest BCUT2D eigenvalue weighted by Gasteiger charge is -2.19. The van der Waals surface area contributed by atoms with E-state index >= 15 is 0 Å². The summed E-state index contributed by atoms with van der Waals surface area (Å²) in [5, 5.41) is 2.45. The van der Waals surface area contributed by atoms with Gasteiger partial charge in [0, 0.05) is 37.8 Å². The van der Waals surface area contributed by atoms with E-state index in [1.165, 1.54) is 19.1 Å². The van der Waals surface area contributed by atoms with Crippen LogP contribution in [0.3, 0.4) is 0 Å². The molecule has 0 aromatic heterocycles. The normalized spacial score (nSPS) is 18.2. The number of benzene rings is 2. The largest absolute Gasteiger partial charge is 0.323 e. The zero-order chi connectivity index (χ0) is 20.7. The number of hydrogen-bond acceptors (Lipinski definition) is 3. The van der Waals surface area contributed by atoms with Crippen molar-refractivity contribution in [2.24, 2.45) is 5.92 Å². The molecule has 6 nitrogen and oxygen atoms in total. The lowest BCUT2D eigenvalue weighted by molar-refractivity contribution is -0.122. The highest BCUT2D eigenvalue weighted by atomic mass is 35.5. The number of amides is 3. The maximum atomic E-state index is 14.0. The van der Waals surface area contributed by atoms with E-state index in [9.17, 15) is 18.8 Å². The Morgan fingerprint density at radius 2 is 2.03 bits per heavy atom. The molecule has 0 radical (unpaired) electrons. The monoisotopic (exact) mass is 415 g/mol. The molecular formula is C21H19ClFN3O3. The highest BCUT2D eigenvalue weighted by Crippen LogP contribution is 2.34. The highest BCUT2D eigenvalue weighted by Gasteiger charge is 2.36. The molecule has 8 heteroatoms. The quantitative estimate of drug-likeness (QED) is 0.835. The van der Waals surface area contributed by atoms with Crippen LogP contribution in [0.5, 0.6) is 0 Å². The van der Waals surface area contributed by atoms with Gasteiger partial charge in [0.2, 0.25) is 17.7 Å². The van der Waals surface area contributed by atoms with E-state index in [1.807, 2.05) is 12.1 Å². The molecule has 0 spiro atoms. The zero-order valence-electron chi connectivity index (χ0n) is 15.7. The van der Waals surface area contributed by atoms with Crippen LogP contribution in [0.25, 0.3) is 0 Å². The van der Waals surface area contributed by atoms with Crippen molar-refractivity contribution in [2.75, 3.05) is 28.2 Å². The third-order valence-corrected chi connectivity index (χ3v) is 5.65. The van der Waals surface area contributed by atoms with Gasteiger partial charge in [0.25, 0.3) is 0 Å². The number of nitrogens with zero attached hydrogens (tertiary/aromatic N) is 2. The van der Waals surface area contributed by atoms with Gasteiger partial charge in [0.1, 0.15) is 0 Å². The Kier molecular flexibility index (Phi) is 5.00. The third-order valence-electron chi connectivity index (χ3n) is 5.36. The summed E-state index contributed by atoms with van der Waals surface area (Å²) in [5.41, 5.74) is 2.55. The van der Waals surface area contributed by atoms with Gasteiger partial charge in [-0.3, -0.25) is 14.4 Å². The molecule has 150 valence electrons. The van der Waals surface area contributed by atoms with Crippen molar-refractivity contribution in [3.8, 4) is 0 Å². The van der Waals surface area contributed by atoms with Gasteiger partial charge >= 0.3 is 0 Å². The molecule has 2 heterocycles. The number of fused-ring (bicyclic) bond motifs is 1. The van der Waals surface area contributed by atoms with Gasteiger partial charge in [-0.15, -0.1) is 0 Å². The van der Waals surface area contributed by atoms with E-state index in [2.05, 4.69) is 5.32 Å². The minimum absolute atomic E-state index is 0.00439. The van der Waals surface area contributed by atoms with Gasteiger partial charge in [-0.05, 0) is 42.3 Å². The Bertz CT molecular complexity index is 1030. The predicted molar refractivity (Wildman–Crippen MR) is 109 cm³/mol. The zero-order valence-corrected chi connectivity index (χ0v) is 16.5. The minimum Gasteiger partial charge on any atom is -0.323 e. The second-order valence-electron chi connectivity index (χ2n) is 7.23. The van der Waals surface area contributed by atoms with Crippen molar-refractivity contribution in [1.82, 2.24) is 0 Å². The van der Waals surface area contributed by atoms with Crippen LogP contribution in [0.15, 0.2) is 36.4 Å². The molecule has 1 atom stereocenters. The van der Waals surface area contributed by atoms with Gasteiger partial charge < -0.3 is 15.1 Å². The van der Waals surface area contributed by atoms with E-state index in [0.29, 0.717) is 12.2 Å². The summed E-state index contributed by atoms with van der Waals surface area (Å²) < 4.78 is 14.0. The summed E-state index contributed by atoms with van der Waals surface area (Å²) in [5.74, 6) is -1.90. The number of carbonyl (C=O) groups excluding carboxylic acids is 3. The van der Waals surface area contributed by atoms with Gasteiger partial charge in [0.05, 0.1) is 16.6 Å². The molecule has 1 unspecified atom stereocenters. The van der Waals surface area contributed by atoms with Gasteiger partial charge in [-0.25, -0.2) is 4.39 Å². The summed E-state index contributed by atoms with van der Waals surface area (Å²) in [6.07, 6.45) is 0.771. The van der Waals surface area contributed by atoms with Crippen LogP contribution in [0.2, 0.25) is 5.02 Å². The molecule has 4 rings (SSSR count). The first-order valence-corrected chi connectivity index (χ1v) is 9.69. The number of halogens is 2. The number of anilines is 3. The fourth-order valence-corrected chi connectivity index (χ4v) is 4.03. The molecule has 2 aromatic carbocycles. The maximum absolute atomic E-state index is 14.0. The second-order valence-corrected chi connectivity index (χ2v) is 7.64. The van der Waals surface area contributed by atoms with E-state index in [0.717, 1.165) is 17.7 Å².